The zero-order valence-electron chi connectivity index (χ0n) is 12.9. The van der Waals surface area contributed by atoms with Crippen LogP contribution in [0.1, 0.15) is 69.0 Å². The Morgan fingerprint density at radius 3 is 2.62 bits per heavy atom. The molecule has 2 aromatic rings. The number of hydrogen-bond donors (Lipinski definition) is 0. The van der Waals surface area contributed by atoms with E-state index in [-0.39, 0.29) is 0 Å². The van der Waals surface area contributed by atoms with Gasteiger partial charge in [0, 0.05) is 16.2 Å². The highest BCUT2D eigenvalue weighted by Crippen LogP contribution is 2.38. The van der Waals surface area contributed by atoms with Gasteiger partial charge in [0.05, 0.1) is 0 Å². The van der Waals surface area contributed by atoms with Crippen molar-refractivity contribution in [2.24, 2.45) is 5.92 Å². The molecular weight excluding hydrogens is 300 g/mol. The van der Waals surface area contributed by atoms with E-state index in [2.05, 4.69) is 24.9 Å². The molecule has 1 aliphatic carbocycles. The van der Waals surface area contributed by atoms with E-state index in [0.717, 1.165) is 28.4 Å². The van der Waals surface area contributed by atoms with Crippen LogP contribution in [0.2, 0.25) is 5.15 Å². The lowest BCUT2D eigenvalue weighted by Crippen LogP contribution is -2.15. The van der Waals surface area contributed by atoms with Gasteiger partial charge in [-0.1, -0.05) is 38.3 Å². The van der Waals surface area contributed by atoms with Crippen LogP contribution < -0.4 is 0 Å². The predicted octanol–water partition coefficient (Wildman–Crippen LogP) is 5.98. The second-order valence-electron chi connectivity index (χ2n) is 6.16. The summed E-state index contributed by atoms with van der Waals surface area (Å²) in [5, 5.41) is 1.67. The number of halogens is 1. The van der Waals surface area contributed by atoms with E-state index in [1.54, 1.807) is 11.3 Å². The number of aromatic nitrogens is 2. The highest BCUT2D eigenvalue weighted by atomic mass is 35.5. The number of hydrogen-bond acceptors (Lipinski definition) is 3. The quantitative estimate of drug-likeness (QED) is 0.647. The van der Waals surface area contributed by atoms with Gasteiger partial charge in [-0.3, -0.25) is 0 Å². The molecule has 114 valence electrons. The summed E-state index contributed by atoms with van der Waals surface area (Å²) >= 11 is 8.15. The topological polar surface area (TPSA) is 25.8 Å². The third kappa shape index (κ3) is 3.24. The van der Waals surface area contributed by atoms with Crippen LogP contribution in [0.3, 0.4) is 0 Å². The number of fused-ring (bicyclic) bond motifs is 1. The van der Waals surface area contributed by atoms with Crippen molar-refractivity contribution < 1.29 is 0 Å². The second kappa shape index (κ2) is 6.62. The van der Waals surface area contributed by atoms with Gasteiger partial charge >= 0.3 is 0 Å². The Morgan fingerprint density at radius 2 is 1.95 bits per heavy atom. The molecule has 2 heterocycles. The highest BCUT2D eigenvalue weighted by Gasteiger charge is 2.24. The number of nitrogens with zero attached hydrogens (tertiary/aromatic N) is 2. The number of thiophene rings is 1. The third-order valence-corrected chi connectivity index (χ3v) is 6.13. The third-order valence-electron chi connectivity index (χ3n) is 4.67. The maximum absolute atomic E-state index is 6.39. The zero-order chi connectivity index (χ0) is 14.8. The van der Waals surface area contributed by atoms with Crippen LogP contribution in [0.4, 0.5) is 0 Å². The average molecular weight is 323 g/mol. The molecule has 0 amide bonds. The highest BCUT2D eigenvalue weighted by molar-refractivity contribution is 7.18. The summed E-state index contributed by atoms with van der Waals surface area (Å²) in [5.41, 5.74) is 0. The Hall–Kier alpha value is -0.670. The normalized spacial score (nSPS) is 22.8. The minimum absolute atomic E-state index is 0.507. The van der Waals surface area contributed by atoms with Crippen molar-refractivity contribution in [2.75, 3.05) is 0 Å². The molecule has 2 nitrogen and oxygen atoms in total. The molecule has 0 bridgehead atoms. The number of rotatable bonds is 4. The first-order valence-electron chi connectivity index (χ1n) is 8.17. The molecule has 0 aromatic carbocycles. The molecule has 0 atom stereocenters. The number of aryl methyl sites for hydroxylation is 1. The first kappa shape index (κ1) is 15.2. The largest absolute Gasteiger partial charge is 0.222 e. The first-order chi connectivity index (χ1) is 10.2. The van der Waals surface area contributed by atoms with E-state index < -0.39 is 0 Å². The van der Waals surface area contributed by atoms with Gasteiger partial charge in [-0.05, 0) is 44.1 Å². The summed E-state index contributed by atoms with van der Waals surface area (Å²) in [6.45, 7) is 4.45. The van der Waals surface area contributed by atoms with Gasteiger partial charge in [-0.25, -0.2) is 9.97 Å². The molecule has 2 aromatic heterocycles. The minimum atomic E-state index is 0.507. The SMILES string of the molecule is CCCC1CCC(c2nc(Cl)c3cc(CC)sc3n2)CC1. The van der Waals surface area contributed by atoms with Crippen LogP contribution in [-0.4, -0.2) is 9.97 Å². The van der Waals surface area contributed by atoms with Crippen molar-refractivity contribution in [1.82, 2.24) is 9.97 Å². The summed E-state index contributed by atoms with van der Waals surface area (Å²) in [4.78, 5) is 11.8. The fraction of sp³-hybridized carbons (Fsp3) is 0.647. The lowest BCUT2D eigenvalue weighted by Gasteiger charge is -2.27. The Morgan fingerprint density at radius 1 is 1.19 bits per heavy atom. The van der Waals surface area contributed by atoms with Gasteiger partial charge in [0.15, 0.2) is 0 Å². The van der Waals surface area contributed by atoms with Crippen molar-refractivity contribution in [2.45, 2.75) is 64.7 Å². The second-order valence-corrected chi connectivity index (χ2v) is 7.64. The van der Waals surface area contributed by atoms with Gasteiger partial charge in [0.2, 0.25) is 0 Å². The summed E-state index contributed by atoms with van der Waals surface area (Å²) in [6.07, 6.45) is 8.80. The molecule has 3 rings (SSSR count). The summed E-state index contributed by atoms with van der Waals surface area (Å²) in [5.74, 6) is 2.40. The van der Waals surface area contributed by atoms with Gasteiger partial charge in [0.1, 0.15) is 15.8 Å². The summed E-state index contributed by atoms with van der Waals surface area (Å²) in [6, 6.07) is 2.14. The molecular formula is C17H23ClN2S. The molecule has 0 saturated heterocycles. The maximum atomic E-state index is 6.39. The molecule has 0 aliphatic heterocycles. The lowest BCUT2D eigenvalue weighted by atomic mass is 9.80. The van der Waals surface area contributed by atoms with E-state index in [1.807, 2.05) is 0 Å². The van der Waals surface area contributed by atoms with Gasteiger partial charge < -0.3 is 0 Å². The van der Waals surface area contributed by atoms with E-state index in [0.29, 0.717) is 11.1 Å². The Balaban J connectivity index is 1.81. The van der Waals surface area contributed by atoms with Crippen molar-refractivity contribution in [3.63, 3.8) is 0 Å². The fourth-order valence-electron chi connectivity index (χ4n) is 3.43. The Labute approximate surface area is 136 Å². The Kier molecular flexibility index (Phi) is 4.80. The van der Waals surface area contributed by atoms with Gasteiger partial charge in [0.25, 0.3) is 0 Å². The first-order valence-corrected chi connectivity index (χ1v) is 9.36. The molecule has 4 heteroatoms. The van der Waals surface area contributed by atoms with E-state index in [1.165, 1.54) is 43.4 Å². The lowest BCUT2D eigenvalue weighted by molar-refractivity contribution is 0.302. The van der Waals surface area contributed by atoms with E-state index >= 15 is 0 Å². The molecule has 1 saturated carbocycles. The van der Waals surface area contributed by atoms with Crippen LogP contribution in [0.15, 0.2) is 6.07 Å². The fourth-order valence-corrected chi connectivity index (χ4v) is 4.69. The summed E-state index contributed by atoms with van der Waals surface area (Å²) in [7, 11) is 0. The smallest absolute Gasteiger partial charge is 0.141 e. The zero-order valence-corrected chi connectivity index (χ0v) is 14.4. The molecule has 0 unspecified atom stereocenters. The van der Waals surface area contributed by atoms with Crippen LogP contribution in [0.25, 0.3) is 10.2 Å². The van der Waals surface area contributed by atoms with Crippen LogP contribution >= 0.6 is 22.9 Å². The predicted molar refractivity (Wildman–Crippen MR) is 91.4 cm³/mol. The standard InChI is InChI=1S/C17H23ClN2S/c1-3-5-11-6-8-12(9-7-11)16-19-15(18)14-10-13(4-2)21-17(14)20-16/h10-12H,3-9H2,1-2H3. The van der Waals surface area contributed by atoms with Crippen molar-refractivity contribution >= 4 is 33.2 Å². The molecule has 21 heavy (non-hydrogen) atoms. The Bertz CT molecular complexity index is 615. The van der Waals surface area contributed by atoms with Crippen molar-refractivity contribution in [1.29, 1.82) is 0 Å². The van der Waals surface area contributed by atoms with Crippen LogP contribution in [0, 0.1) is 5.92 Å². The minimum Gasteiger partial charge on any atom is -0.222 e. The molecule has 1 fully saturated rings. The van der Waals surface area contributed by atoms with Crippen LogP contribution in [-0.2, 0) is 6.42 Å². The van der Waals surface area contributed by atoms with Gasteiger partial charge in [-0.2, -0.15) is 0 Å². The van der Waals surface area contributed by atoms with Gasteiger partial charge in [-0.15, -0.1) is 11.3 Å². The summed E-state index contributed by atoms with van der Waals surface area (Å²) < 4.78 is 0. The van der Waals surface area contributed by atoms with Crippen molar-refractivity contribution in [3.05, 3.63) is 21.9 Å². The van der Waals surface area contributed by atoms with E-state index in [9.17, 15) is 0 Å². The van der Waals surface area contributed by atoms with E-state index in [4.69, 9.17) is 16.6 Å². The molecule has 0 spiro atoms. The molecule has 1 aliphatic rings. The van der Waals surface area contributed by atoms with Crippen molar-refractivity contribution in [3.8, 4) is 0 Å². The monoisotopic (exact) mass is 322 g/mol. The molecule has 0 radical (unpaired) electrons. The average Bonchev–Trinajstić information content (AvgIpc) is 2.92. The molecule has 0 N–H and O–H groups in total. The van der Waals surface area contributed by atoms with Crippen LogP contribution in [0.5, 0.6) is 0 Å². The maximum Gasteiger partial charge on any atom is 0.141 e.